The number of carbonyl (C=O) groups excluding carboxylic acids is 2. The third-order valence-electron chi connectivity index (χ3n) is 8.17. The van der Waals surface area contributed by atoms with Gasteiger partial charge >= 0.3 is 0 Å². The summed E-state index contributed by atoms with van der Waals surface area (Å²) in [7, 11) is 0. The fourth-order valence-corrected chi connectivity index (χ4v) is 6.79. The van der Waals surface area contributed by atoms with Gasteiger partial charge in [0.15, 0.2) is 5.78 Å². The average molecular weight is 328 g/mol. The molecule has 4 rings (SSSR count). The molecule has 24 heavy (non-hydrogen) atoms. The van der Waals surface area contributed by atoms with Gasteiger partial charge in [0.25, 0.3) is 0 Å². The van der Waals surface area contributed by atoms with Gasteiger partial charge in [-0.25, -0.2) is 0 Å². The van der Waals surface area contributed by atoms with Crippen LogP contribution >= 0.6 is 0 Å². The van der Waals surface area contributed by atoms with Gasteiger partial charge in [0.2, 0.25) is 0 Å². The van der Waals surface area contributed by atoms with Crippen molar-refractivity contribution in [2.75, 3.05) is 6.61 Å². The molecule has 4 aliphatic rings. The molecule has 0 saturated heterocycles. The summed E-state index contributed by atoms with van der Waals surface area (Å²) in [6.07, 6.45) is 8.20. The number of Topliss-reactive ketones (excluding diaryl/α,β-unsaturated/α-hetero) is 1. The van der Waals surface area contributed by atoms with Gasteiger partial charge in [0.05, 0.1) is 0 Å². The van der Waals surface area contributed by atoms with Crippen LogP contribution in [-0.2, 0) is 9.59 Å². The number of fused-ring (bicyclic) bond motifs is 5. The standard InChI is InChI=1S/C21H28O3/c1-12-8-15(23)10-14-4-5-16-17(21(12,14)3)6-7-20(2)18(24)9-13(11-22)19(16)20/h8,10,13,16-17,19,22H,4-7,9,11H2,1-3H3/t13-,16-,17+,19+,20-,21+/m1/s1. The number of aliphatic hydroxyl groups is 1. The van der Waals surface area contributed by atoms with Crippen molar-refractivity contribution in [1.82, 2.24) is 0 Å². The lowest BCUT2D eigenvalue weighted by molar-refractivity contribution is -0.132. The summed E-state index contributed by atoms with van der Waals surface area (Å²) >= 11 is 0. The van der Waals surface area contributed by atoms with Crippen LogP contribution in [0.25, 0.3) is 0 Å². The van der Waals surface area contributed by atoms with E-state index in [4.69, 9.17) is 0 Å². The monoisotopic (exact) mass is 328 g/mol. The fourth-order valence-electron chi connectivity index (χ4n) is 6.79. The van der Waals surface area contributed by atoms with Crippen molar-refractivity contribution in [1.29, 1.82) is 0 Å². The van der Waals surface area contributed by atoms with E-state index in [0.717, 1.165) is 25.7 Å². The molecule has 0 aromatic heterocycles. The summed E-state index contributed by atoms with van der Waals surface area (Å²) in [5, 5.41) is 9.89. The van der Waals surface area contributed by atoms with Crippen LogP contribution in [0.5, 0.6) is 0 Å². The van der Waals surface area contributed by atoms with Crippen molar-refractivity contribution in [2.45, 2.75) is 52.9 Å². The first-order valence-electron chi connectivity index (χ1n) is 9.40. The van der Waals surface area contributed by atoms with Crippen LogP contribution in [0.3, 0.4) is 0 Å². The molecule has 6 atom stereocenters. The van der Waals surface area contributed by atoms with E-state index in [2.05, 4.69) is 20.8 Å². The number of hydrogen-bond acceptors (Lipinski definition) is 3. The van der Waals surface area contributed by atoms with Gasteiger partial charge in [-0.15, -0.1) is 0 Å². The summed E-state index contributed by atoms with van der Waals surface area (Å²) in [5.74, 6) is 1.88. The van der Waals surface area contributed by atoms with Crippen molar-refractivity contribution in [3.05, 3.63) is 23.3 Å². The minimum atomic E-state index is -0.242. The summed E-state index contributed by atoms with van der Waals surface area (Å²) in [6.45, 7) is 6.68. The minimum absolute atomic E-state index is 0.0379. The van der Waals surface area contributed by atoms with E-state index in [1.54, 1.807) is 0 Å². The molecule has 3 fully saturated rings. The Kier molecular flexibility index (Phi) is 3.48. The number of aliphatic hydroxyl groups excluding tert-OH is 1. The van der Waals surface area contributed by atoms with Crippen molar-refractivity contribution < 1.29 is 14.7 Å². The van der Waals surface area contributed by atoms with Gasteiger partial charge < -0.3 is 5.11 Å². The highest BCUT2D eigenvalue weighted by Gasteiger charge is 2.62. The zero-order chi connectivity index (χ0) is 17.3. The lowest BCUT2D eigenvalue weighted by Gasteiger charge is -2.57. The Labute approximate surface area is 144 Å². The normalized spacial score (nSPS) is 47.5. The molecule has 0 radical (unpaired) electrons. The number of rotatable bonds is 1. The second-order valence-electron chi connectivity index (χ2n) is 8.96. The zero-order valence-corrected chi connectivity index (χ0v) is 15.0. The van der Waals surface area contributed by atoms with E-state index in [1.165, 1.54) is 11.1 Å². The van der Waals surface area contributed by atoms with E-state index in [1.807, 2.05) is 12.2 Å². The summed E-state index contributed by atoms with van der Waals surface area (Å²) in [6, 6.07) is 0. The third-order valence-corrected chi connectivity index (χ3v) is 8.17. The number of carbonyl (C=O) groups is 2. The molecule has 0 unspecified atom stereocenters. The van der Waals surface area contributed by atoms with E-state index in [9.17, 15) is 14.7 Å². The van der Waals surface area contributed by atoms with Gasteiger partial charge in [0.1, 0.15) is 5.78 Å². The second-order valence-corrected chi connectivity index (χ2v) is 8.96. The largest absolute Gasteiger partial charge is 0.396 e. The molecule has 0 heterocycles. The van der Waals surface area contributed by atoms with Crippen LogP contribution in [0.4, 0.5) is 0 Å². The molecule has 0 spiro atoms. The zero-order valence-electron chi connectivity index (χ0n) is 15.0. The highest BCUT2D eigenvalue weighted by atomic mass is 16.3. The maximum absolute atomic E-state index is 12.7. The molecule has 3 nitrogen and oxygen atoms in total. The van der Waals surface area contributed by atoms with Crippen LogP contribution in [0.1, 0.15) is 52.9 Å². The van der Waals surface area contributed by atoms with Crippen LogP contribution in [0.2, 0.25) is 0 Å². The first kappa shape index (κ1) is 16.3. The second kappa shape index (κ2) is 5.14. The van der Waals surface area contributed by atoms with E-state index in [0.29, 0.717) is 30.0 Å². The number of allylic oxidation sites excluding steroid dienone is 4. The Balaban J connectivity index is 1.77. The summed E-state index contributed by atoms with van der Waals surface area (Å²) in [4.78, 5) is 24.6. The quantitative estimate of drug-likeness (QED) is 0.802. The Morgan fingerprint density at radius 2 is 1.96 bits per heavy atom. The maximum atomic E-state index is 12.7. The average Bonchev–Trinajstić information content (AvgIpc) is 2.80. The third kappa shape index (κ3) is 1.88. The molecule has 3 saturated carbocycles. The van der Waals surface area contributed by atoms with Crippen molar-refractivity contribution in [3.8, 4) is 0 Å². The van der Waals surface area contributed by atoms with Crippen molar-refractivity contribution >= 4 is 11.6 Å². The number of hydrogen-bond donors (Lipinski definition) is 1. The minimum Gasteiger partial charge on any atom is -0.396 e. The van der Waals surface area contributed by atoms with Gasteiger partial charge in [-0.3, -0.25) is 9.59 Å². The van der Waals surface area contributed by atoms with Gasteiger partial charge in [-0.05, 0) is 68.4 Å². The lowest BCUT2D eigenvalue weighted by Crippen LogP contribution is -2.52. The Morgan fingerprint density at radius 3 is 2.67 bits per heavy atom. The van der Waals surface area contributed by atoms with Crippen molar-refractivity contribution in [2.24, 2.45) is 34.5 Å². The topological polar surface area (TPSA) is 54.4 Å². The van der Waals surface area contributed by atoms with Crippen LogP contribution in [-0.4, -0.2) is 23.3 Å². The number of ketones is 2. The molecular weight excluding hydrogens is 300 g/mol. The fraction of sp³-hybridized carbons (Fsp3) is 0.714. The van der Waals surface area contributed by atoms with Gasteiger partial charge in [-0.2, -0.15) is 0 Å². The first-order valence-corrected chi connectivity index (χ1v) is 9.40. The smallest absolute Gasteiger partial charge is 0.178 e. The molecule has 0 aromatic rings. The van der Waals surface area contributed by atoms with E-state index >= 15 is 0 Å². The van der Waals surface area contributed by atoms with Crippen LogP contribution in [0.15, 0.2) is 23.3 Å². The summed E-state index contributed by atoms with van der Waals surface area (Å²) in [5.41, 5.74) is 2.20. The Morgan fingerprint density at radius 1 is 1.21 bits per heavy atom. The van der Waals surface area contributed by atoms with Crippen LogP contribution in [0, 0.1) is 34.5 Å². The van der Waals surface area contributed by atoms with Gasteiger partial charge in [0, 0.05) is 23.9 Å². The first-order chi connectivity index (χ1) is 11.3. The molecule has 0 amide bonds. The highest BCUT2D eigenvalue weighted by molar-refractivity contribution is 6.02. The SMILES string of the molecule is CC1=CC(=O)C=C2CC[C@H]3[C@@H]4[C@@H](CO)CC(=O)[C@@]4(C)CC[C@@H]3[C@@]12C. The molecule has 0 bridgehead atoms. The highest BCUT2D eigenvalue weighted by Crippen LogP contribution is 2.65. The van der Waals surface area contributed by atoms with E-state index in [-0.39, 0.29) is 29.1 Å². The molecular formula is C21H28O3. The molecule has 130 valence electrons. The predicted molar refractivity (Wildman–Crippen MR) is 92.2 cm³/mol. The molecule has 4 aliphatic carbocycles. The lowest BCUT2D eigenvalue weighted by atomic mass is 9.46. The van der Waals surface area contributed by atoms with Crippen LogP contribution < -0.4 is 0 Å². The van der Waals surface area contributed by atoms with Gasteiger partial charge in [-0.1, -0.05) is 25.0 Å². The maximum Gasteiger partial charge on any atom is 0.178 e. The Hall–Kier alpha value is -1.22. The summed E-state index contributed by atoms with van der Waals surface area (Å²) < 4.78 is 0. The predicted octanol–water partition coefficient (Wildman–Crippen LogP) is 3.47. The molecule has 0 aliphatic heterocycles. The Bertz CT molecular complexity index is 673. The molecule has 0 aromatic carbocycles. The molecule has 1 N–H and O–H groups in total. The van der Waals surface area contributed by atoms with Crippen molar-refractivity contribution in [3.63, 3.8) is 0 Å². The van der Waals surface area contributed by atoms with E-state index < -0.39 is 0 Å². The molecule has 3 heteroatoms.